The standard InChI is InChI=1S/C18H11NO2S.C10H16O4S/c20-17-13-8-4-7-12-15(22-11-5-2-1-3-6-11)10-9-14(16(12)13)18(21)19-17;1-9(2)7-3-4-10(9,8(11)5-7)6-15(12,13)14/h1-10H,(H,19,20,21);7H,3-6H2,1-2H3,(H,12,13,14). The van der Waals surface area contributed by atoms with Crippen molar-refractivity contribution in [1.29, 1.82) is 0 Å². The predicted octanol–water partition coefficient (Wildman–Crippen LogP) is 5.14. The SMILES string of the molecule is CC1(C)C2CCC1(CS(=O)(=O)O)C(=O)C2.O=C1NC(=O)c2ccc(Sc3ccccc3)c3cccc1c23. The molecule has 2 unspecified atom stereocenters. The van der Waals surface area contributed by atoms with E-state index in [1.54, 1.807) is 23.9 Å². The molecule has 2 N–H and O–H groups in total. The molecule has 192 valence electrons. The van der Waals surface area contributed by atoms with Gasteiger partial charge in [-0.3, -0.25) is 24.3 Å². The first-order chi connectivity index (χ1) is 17.4. The maximum atomic E-state index is 12.0. The Hall–Kier alpha value is -3.01. The first kappa shape index (κ1) is 25.6. The molecule has 1 aliphatic heterocycles. The summed E-state index contributed by atoms with van der Waals surface area (Å²) in [5.41, 5.74) is -0.00396. The minimum atomic E-state index is -4.08. The van der Waals surface area contributed by atoms with Gasteiger partial charge in [-0.05, 0) is 59.9 Å². The largest absolute Gasteiger partial charge is 0.299 e. The summed E-state index contributed by atoms with van der Waals surface area (Å²) in [6.45, 7) is 3.89. The molecule has 2 amide bonds. The van der Waals surface area contributed by atoms with Crippen molar-refractivity contribution in [1.82, 2.24) is 5.32 Å². The molecule has 6 rings (SSSR count). The lowest BCUT2D eigenvalue weighted by Gasteiger charge is -2.35. The third-order valence-electron chi connectivity index (χ3n) is 8.26. The Kier molecular flexibility index (Phi) is 6.29. The summed E-state index contributed by atoms with van der Waals surface area (Å²) in [6.07, 6.45) is 1.97. The third kappa shape index (κ3) is 4.39. The Labute approximate surface area is 219 Å². The van der Waals surface area contributed by atoms with Crippen molar-refractivity contribution in [3.8, 4) is 0 Å². The number of fused-ring (bicyclic) bond motifs is 2. The molecule has 1 heterocycles. The van der Waals surface area contributed by atoms with Crippen LogP contribution in [0.1, 0.15) is 53.8 Å². The molecule has 2 atom stereocenters. The van der Waals surface area contributed by atoms with E-state index in [1.807, 2.05) is 62.4 Å². The summed E-state index contributed by atoms with van der Waals surface area (Å²) < 4.78 is 31.0. The number of nitrogens with one attached hydrogen (secondary N) is 1. The van der Waals surface area contributed by atoms with Gasteiger partial charge in [-0.15, -0.1) is 0 Å². The van der Waals surface area contributed by atoms with E-state index >= 15 is 0 Å². The van der Waals surface area contributed by atoms with E-state index in [9.17, 15) is 22.8 Å². The first-order valence-corrected chi connectivity index (χ1v) is 14.5. The summed E-state index contributed by atoms with van der Waals surface area (Å²) in [6, 6.07) is 19.3. The molecule has 0 spiro atoms. The highest BCUT2D eigenvalue weighted by Crippen LogP contribution is 2.64. The average Bonchev–Trinajstić information content (AvgIpc) is 3.17. The summed E-state index contributed by atoms with van der Waals surface area (Å²) in [4.78, 5) is 38.1. The van der Waals surface area contributed by atoms with Gasteiger partial charge in [0.2, 0.25) is 0 Å². The van der Waals surface area contributed by atoms with E-state index < -0.39 is 21.3 Å². The Morgan fingerprint density at radius 2 is 1.62 bits per heavy atom. The number of rotatable bonds is 4. The van der Waals surface area contributed by atoms with E-state index in [4.69, 9.17) is 4.55 Å². The summed E-state index contributed by atoms with van der Waals surface area (Å²) >= 11 is 1.63. The van der Waals surface area contributed by atoms with Crippen LogP contribution in [0.15, 0.2) is 70.5 Å². The zero-order valence-corrected chi connectivity index (χ0v) is 22.1. The van der Waals surface area contributed by atoms with E-state index in [0.717, 1.165) is 27.0 Å². The molecule has 2 bridgehead atoms. The highest BCUT2D eigenvalue weighted by molar-refractivity contribution is 7.99. The fourth-order valence-corrected chi connectivity index (χ4v) is 8.38. The second-order valence-corrected chi connectivity index (χ2v) is 13.0. The van der Waals surface area contributed by atoms with Crippen molar-refractivity contribution in [2.24, 2.45) is 16.7 Å². The second-order valence-electron chi connectivity index (χ2n) is 10.4. The van der Waals surface area contributed by atoms with Crippen LogP contribution < -0.4 is 5.32 Å². The number of hydrogen-bond donors (Lipinski definition) is 2. The van der Waals surface area contributed by atoms with Crippen molar-refractivity contribution in [3.05, 3.63) is 71.8 Å². The molecule has 3 aromatic rings. The molecule has 0 saturated heterocycles. The molecule has 9 heteroatoms. The Bertz CT molecular complexity index is 1530. The molecule has 2 saturated carbocycles. The Morgan fingerprint density at radius 3 is 2.22 bits per heavy atom. The van der Waals surface area contributed by atoms with Crippen LogP contribution in [-0.4, -0.2) is 36.3 Å². The number of hydrogen-bond acceptors (Lipinski definition) is 6. The zero-order valence-electron chi connectivity index (χ0n) is 20.5. The van der Waals surface area contributed by atoms with Crippen molar-refractivity contribution in [3.63, 3.8) is 0 Å². The topological polar surface area (TPSA) is 118 Å². The van der Waals surface area contributed by atoms with Crippen LogP contribution in [0.4, 0.5) is 0 Å². The predicted molar refractivity (Wildman–Crippen MR) is 141 cm³/mol. The van der Waals surface area contributed by atoms with Crippen LogP contribution in [0.25, 0.3) is 10.8 Å². The molecular formula is C28H27NO6S2. The Morgan fingerprint density at radius 1 is 0.946 bits per heavy atom. The van der Waals surface area contributed by atoms with Gasteiger partial charge in [0.25, 0.3) is 21.9 Å². The molecule has 2 aliphatic carbocycles. The van der Waals surface area contributed by atoms with Crippen molar-refractivity contribution in [2.75, 3.05) is 5.75 Å². The lowest BCUT2D eigenvalue weighted by atomic mass is 9.70. The van der Waals surface area contributed by atoms with E-state index in [1.165, 1.54) is 0 Å². The summed E-state index contributed by atoms with van der Waals surface area (Å²) in [7, 11) is -4.08. The summed E-state index contributed by atoms with van der Waals surface area (Å²) in [5, 5.41) is 4.06. The van der Waals surface area contributed by atoms with Gasteiger partial charge in [0.05, 0.1) is 11.2 Å². The zero-order chi connectivity index (χ0) is 26.6. The van der Waals surface area contributed by atoms with Crippen LogP contribution in [-0.2, 0) is 14.9 Å². The molecular weight excluding hydrogens is 510 g/mol. The van der Waals surface area contributed by atoms with Gasteiger partial charge in [0, 0.05) is 32.7 Å². The number of Topliss-reactive ketones (excluding diaryl/α,β-unsaturated/α-hetero) is 1. The average molecular weight is 538 g/mol. The monoisotopic (exact) mass is 537 g/mol. The van der Waals surface area contributed by atoms with Gasteiger partial charge in [0.15, 0.2) is 0 Å². The highest BCUT2D eigenvalue weighted by atomic mass is 32.2. The maximum Gasteiger partial charge on any atom is 0.265 e. The normalized spacial score (nSPS) is 23.5. The molecule has 3 aromatic carbocycles. The van der Waals surface area contributed by atoms with Gasteiger partial charge in [0.1, 0.15) is 5.78 Å². The van der Waals surface area contributed by atoms with Crippen LogP contribution in [0.5, 0.6) is 0 Å². The van der Waals surface area contributed by atoms with Crippen LogP contribution >= 0.6 is 11.8 Å². The van der Waals surface area contributed by atoms with Crippen LogP contribution in [0, 0.1) is 16.7 Å². The van der Waals surface area contributed by atoms with E-state index in [2.05, 4.69) is 5.32 Å². The first-order valence-electron chi connectivity index (χ1n) is 12.1. The Balaban J connectivity index is 0.000000164. The van der Waals surface area contributed by atoms with E-state index in [-0.39, 0.29) is 28.9 Å². The second kappa shape index (κ2) is 9.08. The van der Waals surface area contributed by atoms with Gasteiger partial charge >= 0.3 is 0 Å². The number of benzene rings is 3. The molecule has 0 radical (unpaired) electrons. The minimum Gasteiger partial charge on any atom is -0.299 e. The number of carbonyl (C=O) groups is 3. The van der Waals surface area contributed by atoms with Gasteiger partial charge in [-0.2, -0.15) is 8.42 Å². The van der Waals surface area contributed by atoms with E-state index in [0.29, 0.717) is 24.0 Å². The number of imide groups is 1. The maximum absolute atomic E-state index is 12.0. The molecule has 37 heavy (non-hydrogen) atoms. The minimum absolute atomic E-state index is 0.0152. The highest BCUT2D eigenvalue weighted by Gasteiger charge is 2.65. The number of carbonyl (C=O) groups excluding carboxylic acids is 3. The number of amides is 2. The lowest BCUT2D eigenvalue weighted by Crippen LogP contribution is -2.42. The quantitative estimate of drug-likeness (QED) is 0.349. The molecule has 3 aliphatic rings. The number of ketones is 1. The molecule has 0 aromatic heterocycles. The van der Waals surface area contributed by atoms with Crippen LogP contribution in [0.2, 0.25) is 0 Å². The molecule has 2 fully saturated rings. The van der Waals surface area contributed by atoms with Crippen LogP contribution in [0.3, 0.4) is 0 Å². The summed E-state index contributed by atoms with van der Waals surface area (Å²) in [5.74, 6) is -0.759. The third-order valence-corrected chi connectivity index (χ3v) is 10.2. The van der Waals surface area contributed by atoms with Gasteiger partial charge < -0.3 is 0 Å². The van der Waals surface area contributed by atoms with Crippen molar-refractivity contribution >= 4 is 50.3 Å². The van der Waals surface area contributed by atoms with Crippen molar-refractivity contribution in [2.45, 2.75) is 42.9 Å². The van der Waals surface area contributed by atoms with Crippen molar-refractivity contribution < 1.29 is 27.4 Å². The molecule has 7 nitrogen and oxygen atoms in total. The fraction of sp³-hybridized carbons (Fsp3) is 0.321. The fourth-order valence-electron chi connectivity index (χ4n) is 6.12. The van der Waals surface area contributed by atoms with Gasteiger partial charge in [-0.25, -0.2) is 0 Å². The lowest BCUT2D eigenvalue weighted by molar-refractivity contribution is -0.128. The van der Waals surface area contributed by atoms with Gasteiger partial charge in [-0.1, -0.05) is 55.9 Å². The smallest absolute Gasteiger partial charge is 0.265 e.